The van der Waals surface area contributed by atoms with Gasteiger partial charge in [-0.1, -0.05) is 6.07 Å². The lowest BCUT2D eigenvalue weighted by atomic mass is 9.92. The first-order valence-electron chi connectivity index (χ1n) is 9.22. The van der Waals surface area contributed by atoms with E-state index in [1.807, 2.05) is 24.3 Å². The van der Waals surface area contributed by atoms with Gasteiger partial charge >= 0.3 is 0 Å². The highest BCUT2D eigenvalue weighted by Gasteiger charge is 2.26. The first-order valence-corrected chi connectivity index (χ1v) is 10.0. The maximum Gasteiger partial charge on any atom is 0.241 e. The Morgan fingerprint density at radius 2 is 1.93 bits per heavy atom. The Balaban J connectivity index is 0.00000225. The van der Waals surface area contributed by atoms with Gasteiger partial charge in [-0.15, -0.1) is 23.7 Å². The SMILES string of the molecule is Cc1ccc2nc(-c3ccc(NC(=O)C(N)C4CCOCC4)cc3)sc2c1.Cl. The van der Waals surface area contributed by atoms with Crippen LogP contribution in [0.5, 0.6) is 0 Å². The fourth-order valence-electron chi connectivity index (χ4n) is 3.37. The first-order chi connectivity index (χ1) is 13.1. The topological polar surface area (TPSA) is 77.2 Å². The van der Waals surface area contributed by atoms with Crippen molar-refractivity contribution >= 4 is 45.6 Å². The van der Waals surface area contributed by atoms with Crippen molar-refractivity contribution in [3.05, 3.63) is 48.0 Å². The molecule has 4 rings (SSSR count). The van der Waals surface area contributed by atoms with Crippen LogP contribution in [-0.4, -0.2) is 30.1 Å². The van der Waals surface area contributed by atoms with E-state index in [1.165, 1.54) is 10.3 Å². The summed E-state index contributed by atoms with van der Waals surface area (Å²) in [5.41, 5.74) is 10.2. The number of thiazole rings is 1. The van der Waals surface area contributed by atoms with Gasteiger partial charge in [0.05, 0.1) is 16.3 Å². The summed E-state index contributed by atoms with van der Waals surface area (Å²) < 4.78 is 6.52. The number of hydrogen-bond donors (Lipinski definition) is 2. The Morgan fingerprint density at radius 1 is 1.21 bits per heavy atom. The van der Waals surface area contributed by atoms with Crippen molar-refractivity contribution in [3.63, 3.8) is 0 Å². The zero-order chi connectivity index (χ0) is 18.8. The number of rotatable bonds is 4. The standard InChI is InChI=1S/C21H23N3O2S.ClH/c1-13-2-7-17-18(12-13)27-21(24-17)15-3-5-16(6-4-15)23-20(25)19(22)14-8-10-26-11-9-14;/h2-7,12,14,19H,8-11,22H2,1H3,(H,23,25);1H. The maximum absolute atomic E-state index is 12.4. The molecule has 0 radical (unpaired) electrons. The molecule has 1 aliphatic heterocycles. The van der Waals surface area contributed by atoms with E-state index in [4.69, 9.17) is 15.5 Å². The summed E-state index contributed by atoms with van der Waals surface area (Å²) in [6, 6.07) is 13.6. The molecule has 1 unspecified atom stereocenters. The molecule has 0 bridgehead atoms. The van der Waals surface area contributed by atoms with Crippen LogP contribution in [0.1, 0.15) is 18.4 Å². The highest BCUT2D eigenvalue weighted by Crippen LogP contribution is 2.31. The molecule has 0 aliphatic carbocycles. The number of benzene rings is 2. The lowest BCUT2D eigenvalue weighted by molar-refractivity contribution is -0.119. The van der Waals surface area contributed by atoms with Gasteiger partial charge in [0.15, 0.2) is 0 Å². The van der Waals surface area contributed by atoms with Crippen molar-refractivity contribution in [2.75, 3.05) is 18.5 Å². The van der Waals surface area contributed by atoms with Crippen LogP contribution in [-0.2, 0) is 9.53 Å². The van der Waals surface area contributed by atoms with Crippen LogP contribution in [0.4, 0.5) is 5.69 Å². The molecule has 0 saturated carbocycles. The summed E-state index contributed by atoms with van der Waals surface area (Å²) in [4.78, 5) is 17.1. The second kappa shape index (κ2) is 9.01. The summed E-state index contributed by atoms with van der Waals surface area (Å²) in [5, 5.41) is 3.91. The summed E-state index contributed by atoms with van der Waals surface area (Å²) in [6.07, 6.45) is 1.68. The van der Waals surface area contributed by atoms with E-state index in [2.05, 4.69) is 30.4 Å². The molecule has 1 saturated heterocycles. The molecule has 1 amide bonds. The Bertz CT molecular complexity index is 952. The number of anilines is 1. The molecule has 1 aliphatic rings. The van der Waals surface area contributed by atoms with E-state index in [9.17, 15) is 4.79 Å². The van der Waals surface area contributed by atoms with Crippen LogP contribution in [0.25, 0.3) is 20.8 Å². The molecule has 7 heteroatoms. The number of halogens is 1. The number of nitrogens with two attached hydrogens (primary N) is 1. The number of nitrogens with zero attached hydrogens (tertiary/aromatic N) is 1. The summed E-state index contributed by atoms with van der Waals surface area (Å²) in [5.74, 6) is 0.0503. The number of aromatic nitrogens is 1. The van der Waals surface area contributed by atoms with Gasteiger partial charge in [-0.3, -0.25) is 4.79 Å². The maximum atomic E-state index is 12.4. The second-order valence-corrected chi connectivity index (χ2v) is 8.06. The van der Waals surface area contributed by atoms with E-state index in [0.717, 1.165) is 34.6 Å². The average Bonchev–Trinajstić information content (AvgIpc) is 3.11. The molecular formula is C21H24ClN3O2S. The number of carbonyl (C=O) groups is 1. The summed E-state index contributed by atoms with van der Waals surface area (Å²) >= 11 is 1.68. The van der Waals surface area contributed by atoms with Gasteiger partial charge in [-0.25, -0.2) is 4.98 Å². The van der Waals surface area contributed by atoms with Crippen LogP contribution in [0.2, 0.25) is 0 Å². The third kappa shape index (κ3) is 4.52. The van der Waals surface area contributed by atoms with Crippen molar-refractivity contribution in [2.45, 2.75) is 25.8 Å². The minimum absolute atomic E-state index is 0. The van der Waals surface area contributed by atoms with E-state index in [1.54, 1.807) is 11.3 Å². The average molecular weight is 418 g/mol. The van der Waals surface area contributed by atoms with Gasteiger partial charge < -0.3 is 15.8 Å². The lowest BCUT2D eigenvalue weighted by Gasteiger charge is -2.26. The van der Waals surface area contributed by atoms with E-state index in [-0.39, 0.29) is 24.2 Å². The molecule has 0 spiro atoms. The van der Waals surface area contributed by atoms with Gasteiger partial charge in [-0.05, 0) is 67.6 Å². The molecule has 148 valence electrons. The van der Waals surface area contributed by atoms with Crippen molar-refractivity contribution in [2.24, 2.45) is 11.7 Å². The number of ether oxygens (including phenoxy) is 1. The van der Waals surface area contributed by atoms with Gasteiger partial charge in [0, 0.05) is 24.5 Å². The van der Waals surface area contributed by atoms with Crippen molar-refractivity contribution in [1.29, 1.82) is 0 Å². The smallest absolute Gasteiger partial charge is 0.241 e. The largest absolute Gasteiger partial charge is 0.381 e. The fraction of sp³-hybridized carbons (Fsp3) is 0.333. The van der Waals surface area contributed by atoms with Gasteiger partial charge in [0.2, 0.25) is 5.91 Å². The van der Waals surface area contributed by atoms with Crippen LogP contribution in [0.15, 0.2) is 42.5 Å². The number of aryl methyl sites for hydroxylation is 1. The Labute approximate surface area is 174 Å². The Morgan fingerprint density at radius 3 is 2.64 bits per heavy atom. The molecule has 1 atom stereocenters. The number of hydrogen-bond acceptors (Lipinski definition) is 5. The zero-order valence-corrected chi connectivity index (χ0v) is 17.3. The van der Waals surface area contributed by atoms with Crippen LogP contribution < -0.4 is 11.1 Å². The van der Waals surface area contributed by atoms with Crippen molar-refractivity contribution in [3.8, 4) is 10.6 Å². The molecule has 3 N–H and O–H groups in total. The van der Waals surface area contributed by atoms with Gasteiger partial charge in [0.25, 0.3) is 0 Å². The van der Waals surface area contributed by atoms with Gasteiger partial charge in [-0.2, -0.15) is 0 Å². The quantitative estimate of drug-likeness (QED) is 0.660. The minimum atomic E-state index is -0.499. The number of nitrogens with one attached hydrogen (secondary N) is 1. The fourth-order valence-corrected chi connectivity index (χ4v) is 4.44. The number of fused-ring (bicyclic) bond motifs is 1. The van der Waals surface area contributed by atoms with E-state index < -0.39 is 6.04 Å². The molecule has 3 aromatic rings. The Hall–Kier alpha value is -1.99. The first kappa shape index (κ1) is 20.7. The highest BCUT2D eigenvalue weighted by molar-refractivity contribution is 7.21. The summed E-state index contributed by atoms with van der Waals surface area (Å²) in [7, 11) is 0. The lowest BCUT2D eigenvalue weighted by Crippen LogP contribution is -2.43. The normalized spacial score (nSPS) is 15.8. The molecule has 1 aromatic heterocycles. The Kier molecular flexibility index (Phi) is 6.67. The van der Waals surface area contributed by atoms with Crippen LogP contribution in [0, 0.1) is 12.8 Å². The molecule has 2 heterocycles. The van der Waals surface area contributed by atoms with Crippen molar-refractivity contribution in [1.82, 2.24) is 4.98 Å². The summed E-state index contributed by atoms with van der Waals surface area (Å²) in [6.45, 7) is 3.45. The third-order valence-corrected chi connectivity index (χ3v) is 6.09. The number of carbonyl (C=O) groups excluding carboxylic acids is 1. The van der Waals surface area contributed by atoms with E-state index in [0.29, 0.717) is 13.2 Å². The monoisotopic (exact) mass is 417 g/mol. The molecule has 1 fully saturated rings. The third-order valence-electron chi connectivity index (χ3n) is 5.02. The predicted molar refractivity (Wildman–Crippen MR) is 117 cm³/mol. The second-order valence-electron chi connectivity index (χ2n) is 7.03. The molecular weight excluding hydrogens is 394 g/mol. The van der Waals surface area contributed by atoms with Crippen LogP contribution >= 0.6 is 23.7 Å². The van der Waals surface area contributed by atoms with E-state index >= 15 is 0 Å². The van der Waals surface area contributed by atoms with Gasteiger partial charge in [0.1, 0.15) is 5.01 Å². The molecule has 2 aromatic carbocycles. The van der Waals surface area contributed by atoms with Crippen LogP contribution in [0.3, 0.4) is 0 Å². The zero-order valence-electron chi connectivity index (χ0n) is 15.7. The predicted octanol–water partition coefficient (Wildman–Crippen LogP) is 4.39. The minimum Gasteiger partial charge on any atom is -0.381 e. The molecule has 5 nitrogen and oxygen atoms in total. The molecule has 28 heavy (non-hydrogen) atoms. The van der Waals surface area contributed by atoms with Crippen molar-refractivity contribution < 1.29 is 9.53 Å². The highest BCUT2D eigenvalue weighted by atomic mass is 35.5. The number of amides is 1.